The molecule has 2 N–H and O–H groups in total. The molecule has 23 heavy (non-hydrogen) atoms. The van der Waals surface area contributed by atoms with Gasteiger partial charge in [0.2, 0.25) is 0 Å². The van der Waals surface area contributed by atoms with Crippen molar-refractivity contribution in [3.8, 4) is 0 Å². The van der Waals surface area contributed by atoms with E-state index in [1.165, 1.54) is 5.57 Å². The second kappa shape index (κ2) is 6.92. The molecule has 0 saturated heterocycles. The number of hydrogen-bond acceptors (Lipinski definition) is 6. The predicted octanol–water partition coefficient (Wildman–Crippen LogP) is 3.85. The summed E-state index contributed by atoms with van der Waals surface area (Å²) in [6, 6.07) is 5.78. The molecule has 0 bridgehead atoms. The van der Waals surface area contributed by atoms with Crippen LogP contribution in [0.2, 0.25) is 0 Å². The van der Waals surface area contributed by atoms with Gasteiger partial charge in [-0.1, -0.05) is 30.5 Å². The van der Waals surface area contributed by atoms with Crippen LogP contribution in [0.15, 0.2) is 28.7 Å². The number of allylic oxidation sites excluding steroid dienone is 2. The van der Waals surface area contributed by atoms with Gasteiger partial charge < -0.3 is 0 Å². The average Bonchev–Trinajstić information content (AvgIpc) is 2.65. The van der Waals surface area contributed by atoms with Crippen molar-refractivity contribution in [3.63, 3.8) is 0 Å². The Kier molecular flexibility index (Phi) is 5.55. The molecule has 1 aromatic rings. The summed E-state index contributed by atoms with van der Waals surface area (Å²) in [5.41, 5.74) is 4.31. The molecule has 0 fully saturated rings. The van der Waals surface area contributed by atoms with E-state index in [-0.39, 0.29) is 11.2 Å². The second-order valence-corrected chi connectivity index (χ2v) is 8.40. The maximum atomic E-state index is 10.9. The number of benzene rings is 1. The third kappa shape index (κ3) is 4.14. The van der Waals surface area contributed by atoms with Gasteiger partial charge in [-0.05, 0) is 48.6 Å². The summed E-state index contributed by atoms with van der Waals surface area (Å²) in [6.07, 6.45) is 0.962. The number of rotatable bonds is 7. The van der Waals surface area contributed by atoms with Crippen LogP contribution in [0.3, 0.4) is 0 Å². The van der Waals surface area contributed by atoms with E-state index >= 15 is 0 Å². The molecule has 0 heterocycles. The van der Waals surface area contributed by atoms with Gasteiger partial charge in [-0.3, -0.25) is 4.55 Å². The first-order valence-electron chi connectivity index (χ1n) is 7.12. The lowest BCUT2D eigenvalue weighted by Crippen LogP contribution is -2.15. The average molecular weight is 360 g/mol. The Morgan fingerprint density at radius 2 is 2.00 bits per heavy atom. The highest BCUT2D eigenvalue weighted by molar-refractivity contribution is 7.94. The van der Waals surface area contributed by atoms with E-state index < -0.39 is 10.1 Å². The maximum absolute atomic E-state index is 10.9. The fraction of sp³-hybridized carbons (Fsp3) is 0.467. The topological polar surface area (TPSA) is 93.1 Å². The first-order chi connectivity index (χ1) is 10.7. The zero-order valence-corrected chi connectivity index (χ0v) is 14.8. The van der Waals surface area contributed by atoms with E-state index in [0.717, 1.165) is 33.6 Å². The molecule has 8 heteroatoms. The van der Waals surface area contributed by atoms with Crippen molar-refractivity contribution in [2.24, 2.45) is 0 Å². The van der Waals surface area contributed by atoms with Gasteiger partial charge in [0.1, 0.15) is 0 Å². The molecule has 1 aromatic carbocycles. The van der Waals surface area contributed by atoms with Crippen molar-refractivity contribution in [3.05, 3.63) is 34.9 Å². The fourth-order valence-corrected chi connectivity index (χ4v) is 3.85. The molecule has 0 aliphatic heterocycles. The minimum absolute atomic E-state index is 0.181. The molecule has 0 atom stereocenters. The molecule has 1 aliphatic carbocycles. The van der Waals surface area contributed by atoms with E-state index in [4.69, 9.17) is 9.81 Å². The molecule has 6 nitrogen and oxygen atoms in total. The Morgan fingerprint density at radius 1 is 1.30 bits per heavy atom. The first kappa shape index (κ1) is 18.4. The fourth-order valence-electron chi connectivity index (χ4n) is 2.94. The van der Waals surface area contributed by atoms with Crippen LogP contribution >= 0.6 is 12.0 Å². The largest absolute Gasteiger partial charge is 0.286 e. The van der Waals surface area contributed by atoms with E-state index in [1.807, 2.05) is 25.1 Å². The normalized spacial score (nSPS) is 16.7. The van der Waals surface area contributed by atoms with Gasteiger partial charge in [0.25, 0.3) is 10.1 Å². The van der Waals surface area contributed by atoms with E-state index in [0.29, 0.717) is 12.8 Å². The van der Waals surface area contributed by atoms with Crippen molar-refractivity contribution in [1.29, 1.82) is 0 Å². The highest BCUT2D eigenvalue weighted by atomic mass is 32.2. The summed E-state index contributed by atoms with van der Waals surface area (Å²) in [4.78, 5) is 0.790. The lowest BCUT2D eigenvalue weighted by atomic mass is 9.82. The number of hydrogen-bond donors (Lipinski definition) is 2. The van der Waals surface area contributed by atoms with Gasteiger partial charge in [-0.25, -0.2) is 5.26 Å². The van der Waals surface area contributed by atoms with Gasteiger partial charge in [-0.15, -0.1) is 4.33 Å². The van der Waals surface area contributed by atoms with Gasteiger partial charge in [0, 0.05) is 10.3 Å². The van der Waals surface area contributed by atoms with Crippen molar-refractivity contribution in [2.75, 3.05) is 5.75 Å². The minimum atomic E-state index is -3.94. The summed E-state index contributed by atoms with van der Waals surface area (Å²) in [5, 5.41) is 11.9. The highest BCUT2D eigenvalue weighted by Gasteiger charge is 2.35. The van der Waals surface area contributed by atoms with Crippen molar-refractivity contribution in [1.82, 2.24) is 0 Å². The minimum Gasteiger partial charge on any atom is -0.286 e. The van der Waals surface area contributed by atoms with Crippen LogP contribution in [-0.2, 0) is 24.9 Å². The predicted molar refractivity (Wildman–Crippen MR) is 88.4 cm³/mol. The molecule has 0 unspecified atom stereocenters. The summed E-state index contributed by atoms with van der Waals surface area (Å²) >= 11 is 0.908. The van der Waals surface area contributed by atoms with E-state index in [2.05, 4.69) is 23.2 Å². The molecule has 0 radical (unpaired) electrons. The Bertz CT molecular complexity index is 721. The maximum Gasteiger partial charge on any atom is 0.264 e. The molecule has 0 spiro atoms. The zero-order chi connectivity index (χ0) is 17.3. The van der Waals surface area contributed by atoms with Crippen LogP contribution in [0.25, 0.3) is 5.57 Å². The summed E-state index contributed by atoms with van der Waals surface area (Å²) < 4.78 is 35.1. The van der Waals surface area contributed by atoms with Crippen LogP contribution < -0.4 is 0 Å². The second-order valence-electron chi connectivity index (χ2n) is 6.05. The standard InChI is InChI=1S/C15H20O6S2/c1-10-12(5-4-8-23(17,18)19)13-7-6-11(22-21-20-16)9-14(13)15(10,2)3/h6-7,9,16H,4-5,8H2,1-3H3,(H,17,18,19). The quantitative estimate of drug-likeness (QED) is 0.330. The summed E-state index contributed by atoms with van der Waals surface area (Å²) in [7, 11) is -3.94. The van der Waals surface area contributed by atoms with E-state index in [1.54, 1.807) is 0 Å². The van der Waals surface area contributed by atoms with Gasteiger partial charge >= 0.3 is 0 Å². The first-order valence-corrected chi connectivity index (χ1v) is 9.47. The van der Waals surface area contributed by atoms with Crippen molar-refractivity contribution >= 4 is 27.7 Å². The monoisotopic (exact) mass is 360 g/mol. The molecule has 0 saturated carbocycles. The lowest BCUT2D eigenvalue weighted by molar-refractivity contribution is -0.432. The van der Waals surface area contributed by atoms with Gasteiger partial charge in [0.15, 0.2) is 0 Å². The Morgan fingerprint density at radius 3 is 2.61 bits per heavy atom. The van der Waals surface area contributed by atoms with Crippen LogP contribution in [0.4, 0.5) is 0 Å². The summed E-state index contributed by atoms with van der Waals surface area (Å²) in [6.45, 7) is 6.26. The van der Waals surface area contributed by atoms with Crippen molar-refractivity contribution < 1.29 is 27.6 Å². The van der Waals surface area contributed by atoms with Gasteiger partial charge in [-0.2, -0.15) is 8.42 Å². The van der Waals surface area contributed by atoms with Crippen LogP contribution in [0.1, 0.15) is 44.7 Å². The molecule has 2 rings (SSSR count). The molecular formula is C15H20O6S2. The van der Waals surface area contributed by atoms with E-state index in [9.17, 15) is 8.42 Å². The lowest BCUT2D eigenvalue weighted by Gasteiger charge is -2.22. The SMILES string of the molecule is CC1=C(CCCS(=O)(=O)O)c2ccc(SOOO)cc2C1(C)C. The molecule has 128 valence electrons. The van der Waals surface area contributed by atoms with Crippen molar-refractivity contribution in [2.45, 2.75) is 43.9 Å². The van der Waals surface area contributed by atoms with Crippen LogP contribution in [-0.4, -0.2) is 24.0 Å². The molecule has 0 amide bonds. The Labute approximate surface area is 140 Å². The zero-order valence-electron chi connectivity index (χ0n) is 13.2. The Hall–Kier alpha value is -0.900. The van der Waals surface area contributed by atoms with Crippen LogP contribution in [0, 0.1) is 0 Å². The number of fused-ring (bicyclic) bond motifs is 1. The smallest absolute Gasteiger partial charge is 0.264 e. The third-order valence-corrected chi connectivity index (χ3v) is 5.75. The third-order valence-electron chi connectivity index (χ3n) is 4.37. The molecule has 1 aliphatic rings. The molecule has 0 aromatic heterocycles. The molecular weight excluding hydrogens is 340 g/mol. The summed E-state index contributed by atoms with van der Waals surface area (Å²) in [5.74, 6) is -0.241. The van der Waals surface area contributed by atoms with Gasteiger partial charge in [0.05, 0.1) is 17.8 Å². The van der Waals surface area contributed by atoms with Crippen LogP contribution in [0.5, 0.6) is 0 Å². The Balaban J connectivity index is 2.27. The highest BCUT2D eigenvalue weighted by Crippen LogP contribution is 2.48.